The van der Waals surface area contributed by atoms with E-state index in [-0.39, 0.29) is 6.09 Å². The van der Waals surface area contributed by atoms with Crippen molar-refractivity contribution in [2.75, 3.05) is 19.7 Å². The average molecular weight is 183 g/mol. The zero-order valence-electron chi connectivity index (χ0n) is 7.67. The molecule has 0 saturated carbocycles. The molecule has 0 atom stereocenters. The van der Waals surface area contributed by atoms with Crippen LogP contribution in [0, 0.1) is 0 Å². The van der Waals surface area contributed by atoms with Gasteiger partial charge in [0.2, 0.25) is 0 Å². The van der Waals surface area contributed by atoms with Crippen LogP contribution in [-0.2, 0) is 4.74 Å². The second kappa shape index (κ2) is 4.54. The highest BCUT2D eigenvalue weighted by Gasteiger charge is 2.15. The van der Waals surface area contributed by atoms with E-state index in [9.17, 15) is 4.79 Å². The molecule has 0 aromatic carbocycles. The highest BCUT2D eigenvalue weighted by atomic mass is 27.0. The summed E-state index contributed by atoms with van der Waals surface area (Å²) < 4.78 is 6.38. The van der Waals surface area contributed by atoms with Crippen LogP contribution < -0.4 is 0 Å². The Balaban J connectivity index is 2.40. The molecule has 1 rings (SSSR count). The van der Waals surface area contributed by atoms with Crippen molar-refractivity contribution in [3.05, 3.63) is 10.5 Å². The van der Waals surface area contributed by atoms with Crippen molar-refractivity contribution in [2.24, 2.45) is 0 Å². The zero-order chi connectivity index (χ0) is 8.97. The fourth-order valence-corrected chi connectivity index (χ4v) is 1.56. The lowest BCUT2D eigenvalue weighted by molar-refractivity contribution is 0.110. The fourth-order valence-electron chi connectivity index (χ4n) is 1.15. The number of ether oxygens (including phenoxy) is 1. The maximum absolute atomic E-state index is 11.2. The Morgan fingerprint density at radius 2 is 2.58 bits per heavy atom. The predicted molar refractivity (Wildman–Crippen MR) is 49.8 cm³/mol. The average Bonchev–Trinajstić information content (AvgIpc) is 2.06. The molecule has 1 heterocycles. The predicted octanol–water partition coefficient (Wildman–Crippen LogP) is 0.366. The first kappa shape index (κ1) is 9.63. The van der Waals surface area contributed by atoms with Crippen molar-refractivity contribution in [1.29, 1.82) is 0 Å². The molecule has 66 valence electrons. The van der Waals surface area contributed by atoms with Gasteiger partial charge in [0.05, 0.1) is 6.61 Å². The van der Waals surface area contributed by atoms with Crippen LogP contribution in [0.4, 0.5) is 4.79 Å². The van der Waals surface area contributed by atoms with Crippen molar-refractivity contribution in [3.63, 3.8) is 0 Å². The Morgan fingerprint density at radius 1 is 1.83 bits per heavy atom. The highest BCUT2D eigenvalue weighted by molar-refractivity contribution is 6.21. The molecule has 0 aromatic rings. The van der Waals surface area contributed by atoms with Gasteiger partial charge in [-0.3, -0.25) is 0 Å². The molecule has 0 unspecified atom stereocenters. The molecule has 4 heteroatoms. The monoisotopic (exact) mass is 183 g/mol. The van der Waals surface area contributed by atoms with Crippen LogP contribution in [0.5, 0.6) is 0 Å². The second-order valence-electron chi connectivity index (χ2n) is 2.95. The third-order valence-electron chi connectivity index (χ3n) is 1.96. The molecular weight excluding hydrogens is 169 g/mol. The molecule has 1 amide bonds. The number of rotatable bonds is 1. The normalized spacial score (nSPS) is 17.1. The van der Waals surface area contributed by atoms with Crippen LogP contribution in [0.15, 0.2) is 10.5 Å². The molecule has 0 bridgehead atoms. The van der Waals surface area contributed by atoms with Gasteiger partial charge in [0.15, 0.2) is 0 Å². The van der Waals surface area contributed by atoms with Crippen molar-refractivity contribution in [2.45, 2.75) is 13.3 Å². The lowest BCUT2D eigenvalue weighted by Crippen LogP contribution is -2.35. The molecule has 0 N–H and O–H groups in total. The van der Waals surface area contributed by atoms with Gasteiger partial charge in [-0.1, -0.05) is 6.08 Å². The van der Waals surface area contributed by atoms with Gasteiger partial charge >= 0.3 is 6.09 Å². The standard InChI is InChI=1S/C8H12NO2.Al.2H/c1-2-11-8(10)9-6-4-3-5-7-9;;;/h4H,2,5-7H2,1H3;;;. The van der Waals surface area contributed by atoms with Crippen LogP contribution in [-0.4, -0.2) is 47.0 Å². The largest absolute Gasteiger partial charge is 0.450 e. The summed E-state index contributed by atoms with van der Waals surface area (Å²) in [5.41, 5.74) is 0. The molecule has 0 saturated heterocycles. The summed E-state index contributed by atoms with van der Waals surface area (Å²) in [7, 11) is 0. The number of carbonyl (C=O) groups excluding carboxylic acids is 1. The second-order valence-corrected chi connectivity index (χ2v) is 4.23. The molecule has 0 aliphatic carbocycles. The van der Waals surface area contributed by atoms with E-state index in [1.165, 1.54) is 4.44 Å². The summed E-state index contributed by atoms with van der Waals surface area (Å²) in [6.07, 6.45) is 2.99. The van der Waals surface area contributed by atoms with E-state index in [0.717, 1.165) is 35.8 Å². The van der Waals surface area contributed by atoms with Crippen molar-refractivity contribution >= 4 is 22.4 Å². The van der Waals surface area contributed by atoms with Gasteiger partial charge in [0.1, 0.15) is 0 Å². The van der Waals surface area contributed by atoms with Crippen LogP contribution in [0.25, 0.3) is 0 Å². The first-order valence-electron chi connectivity index (χ1n) is 4.31. The molecule has 12 heavy (non-hydrogen) atoms. The minimum Gasteiger partial charge on any atom is -0.450 e. The van der Waals surface area contributed by atoms with Crippen LogP contribution in [0.3, 0.4) is 0 Å². The lowest BCUT2D eigenvalue weighted by Gasteiger charge is -2.24. The fraction of sp³-hybridized carbons (Fsp3) is 0.625. The van der Waals surface area contributed by atoms with E-state index in [4.69, 9.17) is 4.74 Å². The topological polar surface area (TPSA) is 29.5 Å². The SMILES string of the molecule is CCOC(=O)N1CC=[C]([AlH2])CC1. The Hall–Kier alpha value is -0.458. The van der Waals surface area contributed by atoms with E-state index in [0.29, 0.717) is 6.61 Å². The van der Waals surface area contributed by atoms with E-state index < -0.39 is 0 Å². The van der Waals surface area contributed by atoms with Gasteiger partial charge in [-0.05, 0) is 13.3 Å². The molecule has 0 aromatic heterocycles. The van der Waals surface area contributed by atoms with Crippen LogP contribution in [0.1, 0.15) is 13.3 Å². The molecule has 0 fully saturated rings. The van der Waals surface area contributed by atoms with Gasteiger partial charge in [-0.25, -0.2) is 4.79 Å². The molecule has 1 aliphatic rings. The van der Waals surface area contributed by atoms with Crippen molar-refractivity contribution in [3.8, 4) is 0 Å². The minimum atomic E-state index is -0.178. The summed E-state index contributed by atoms with van der Waals surface area (Å²) in [6.45, 7) is 3.86. The van der Waals surface area contributed by atoms with Crippen molar-refractivity contribution < 1.29 is 9.53 Å². The summed E-state index contributed by atoms with van der Waals surface area (Å²) in [5.74, 6) is 0. The van der Waals surface area contributed by atoms with Crippen LogP contribution in [0.2, 0.25) is 0 Å². The van der Waals surface area contributed by atoms with Gasteiger partial charge in [0.25, 0.3) is 16.3 Å². The van der Waals surface area contributed by atoms with Gasteiger partial charge < -0.3 is 9.64 Å². The number of carbonyl (C=O) groups is 1. The Bertz CT molecular complexity index is 203. The highest BCUT2D eigenvalue weighted by Crippen LogP contribution is 2.07. The number of nitrogens with zero attached hydrogens (tertiary/aromatic N) is 1. The number of hydrogen-bond donors (Lipinski definition) is 0. The smallest absolute Gasteiger partial charge is 0.410 e. The van der Waals surface area contributed by atoms with Gasteiger partial charge in [0, 0.05) is 13.1 Å². The molecular formula is C8H14AlNO2. The summed E-state index contributed by atoms with van der Waals surface area (Å²) in [5, 5.41) is 0. The maximum Gasteiger partial charge on any atom is 0.410 e. The molecule has 3 nitrogen and oxygen atoms in total. The first-order valence-corrected chi connectivity index (χ1v) is 5.31. The quantitative estimate of drug-likeness (QED) is 0.549. The van der Waals surface area contributed by atoms with E-state index >= 15 is 0 Å². The first-order chi connectivity index (χ1) is 5.74. The number of hydrogen-bond acceptors (Lipinski definition) is 2. The Labute approximate surface area is 80.8 Å². The minimum absolute atomic E-state index is 0.178. The molecule has 0 radical (unpaired) electrons. The third kappa shape index (κ3) is 2.54. The summed E-state index contributed by atoms with van der Waals surface area (Å²) in [6, 6.07) is 0. The number of amides is 1. The molecule has 1 aliphatic heterocycles. The summed E-state index contributed by atoms with van der Waals surface area (Å²) >= 11 is 1.12. The van der Waals surface area contributed by atoms with E-state index in [2.05, 4.69) is 6.08 Å². The van der Waals surface area contributed by atoms with Gasteiger partial charge in [-0.2, -0.15) is 0 Å². The van der Waals surface area contributed by atoms with Gasteiger partial charge in [-0.15, -0.1) is 4.44 Å². The summed E-state index contributed by atoms with van der Waals surface area (Å²) in [4.78, 5) is 12.9. The van der Waals surface area contributed by atoms with Crippen molar-refractivity contribution in [1.82, 2.24) is 4.90 Å². The zero-order valence-corrected chi connectivity index (χ0v) is 9.67. The Kier molecular flexibility index (Phi) is 3.64. The Morgan fingerprint density at radius 3 is 3.08 bits per heavy atom. The maximum atomic E-state index is 11.2. The van der Waals surface area contributed by atoms with Crippen LogP contribution >= 0.6 is 0 Å². The third-order valence-corrected chi connectivity index (χ3v) is 2.87. The van der Waals surface area contributed by atoms with E-state index in [1.54, 1.807) is 4.90 Å². The lowest BCUT2D eigenvalue weighted by atomic mass is 10.2. The molecule has 0 spiro atoms. The van der Waals surface area contributed by atoms with E-state index in [1.807, 2.05) is 6.92 Å².